The van der Waals surface area contributed by atoms with Gasteiger partial charge in [0.25, 0.3) is 0 Å². The van der Waals surface area contributed by atoms with Gasteiger partial charge in [0, 0.05) is 45.1 Å². The van der Waals surface area contributed by atoms with Crippen LogP contribution < -0.4 is 4.74 Å². The van der Waals surface area contributed by atoms with E-state index in [1.807, 2.05) is 47.4 Å². The number of amides is 1. The van der Waals surface area contributed by atoms with Crippen molar-refractivity contribution in [1.29, 1.82) is 5.26 Å². The van der Waals surface area contributed by atoms with Crippen molar-refractivity contribution in [2.24, 2.45) is 0 Å². The van der Waals surface area contributed by atoms with Gasteiger partial charge in [-0.25, -0.2) is 0 Å². The number of nitriles is 1. The van der Waals surface area contributed by atoms with Crippen LogP contribution in [0.15, 0.2) is 73.1 Å². The standard InChI is InChI=1S/C26H26N4O2/c27-17-21-4-1-6-24(14-21)20-32-25-8-2-5-23(15-25)19-29-10-12-30(13-11-29)26(31)16-22-7-3-9-28-18-22/h1-9,14-15,18H,10-13,16,19-20H2. The average molecular weight is 427 g/mol. The van der Waals surface area contributed by atoms with E-state index in [1.54, 1.807) is 18.5 Å². The molecule has 0 saturated carbocycles. The minimum Gasteiger partial charge on any atom is -0.489 e. The summed E-state index contributed by atoms with van der Waals surface area (Å²) in [6, 6.07) is 21.5. The number of pyridine rings is 1. The van der Waals surface area contributed by atoms with Crippen molar-refractivity contribution >= 4 is 5.91 Å². The number of nitrogens with zero attached hydrogens (tertiary/aromatic N) is 4. The van der Waals surface area contributed by atoms with E-state index >= 15 is 0 Å². The molecule has 1 aliphatic rings. The van der Waals surface area contributed by atoms with E-state index < -0.39 is 0 Å². The molecule has 2 aromatic carbocycles. The predicted molar refractivity (Wildman–Crippen MR) is 122 cm³/mol. The quantitative estimate of drug-likeness (QED) is 0.579. The van der Waals surface area contributed by atoms with Crippen molar-refractivity contribution in [3.8, 4) is 11.8 Å². The van der Waals surface area contributed by atoms with Crippen LogP contribution in [0, 0.1) is 11.3 Å². The van der Waals surface area contributed by atoms with Crippen LogP contribution in [0.25, 0.3) is 0 Å². The van der Waals surface area contributed by atoms with E-state index in [1.165, 1.54) is 5.56 Å². The monoisotopic (exact) mass is 426 g/mol. The van der Waals surface area contributed by atoms with E-state index in [9.17, 15) is 4.79 Å². The topological polar surface area (TPSA) is 69.5 Å². The molecule has 0 unspecified atom stereocenters. The molecule has 0 atom stereocenters. The van der Waals surface area contributed by atoms with Gasteiger partial charge in [-0.2, -0.15) is 5.26 Å². The fourth-order valence-electron chi connectivity index (χ4n) is 3.83. The molecule has 1 saturated heterocycles. The van der Waals surface area contributed by atoms with Crippen molar-refractivity contribution in [3.05, 3.63) is 95.3 Å². The van der Waals surface area contributed by atoms with Crippen molar-refractivity contribution in [2.45, 2.75) is 19.6 Å². The Morgan fingerprint density at radius 3 is 2.53 bits per heavy atom. The Morgan fingerprint density at radius 2 is 1.75 bits per heavy atom. The van der Waals surface area contributed by atoms with Gasteiger partial charge in [0.15, 0.2) is 0 Å². The number of rotatable bonds is 7. The summed E-state index contributed by atoms with van der Waals surface area (Å²) in [6.45, 7) is 4.44. The maximum atomic E-state index is 12.6. The lowest BCUT2D eigenvalue weighted by molar-refractivity contribution is -0.132. The van der Waals surface area contributed by atoms with Crippen LogP contribution in [0.4, 0.5) is 0 Å². The number of aromatic nitrogens is 1. The van der Waals surface area contributed by atoms with Crippen LogP contribution in [0.3, 0.4) is 0 Å². The lowest BCUT2D eigenvalue weighted by Gasteiger charge is -2.34. The molecule has 2 heterocycles. The van der Waals surface area contributed by atoms with E-state index in [4.69, 9.17) is 10.00 Å². The molecule has 0 radical (unpaired) electrons. The lowest BCUT2D eigenvalue weighted by atomic mass is 10.1. The summed E-state index contributed by atoms with van der Waals surface area (Å²) in [4.78, 5) is 20.9. The molecule has 0 spiro atoms. The molecule has 1 amide bonds. The highest BCUT2D eigenvalue weighted by atomic mass is 16.5. The average Bonchev–Trinajstić information content (AvgIpc) is 2.84. The Morgan fingerprint density at radius 1 is 0.969 bits per heavy atom. The summed E-state index contributed by atoms with van der Waals surface area (Å²) in [5.41, 5.74) is 3.75. The van der Waals surface area contributed by atoms with Crippen molar-refractivity contribution < 1.29 is 9.53 Å². The van der Waals surface area contributed by atoms with Gasteiger partial charge in [-0.15, -0.1) is 0 Å². The first-order valence-corrected chi connectivity index (χ1v) is 10.8. The second-order valence-corrected chi connectivity index (χ2v) is 7.94. The largest absolute Gasteiger partial charge is 0.489 e. The summed E-state index contributed by atoms with van der Waals surface area (Å²) in [7, 11) is 0. The summed E-state index contributed by atoms with van der Waals surface area (Å²) < 4.78 is 5.94. The number of hydrogen-bond donors (Lipinski definition) is 0. The molecule has 4 rings (SSSR count). The highest BCUT2D eigenvalue weighted by molar-refractivity contribution is 5.78. The zero-order valence-corrected chi connectivity index (χ0v) is 18.0. The highest BCUT2D eigenvalue weighted by Crippen LogP contribution is 2.18. The Balaban J connectivity index is 1.26. The Kier molecular flexibility index (Phi) is 7.11. The summed E-state index contributed by atoms with van der Waals surface area (Å²) >= 11 is 0. The summed E-state index contributed by atoms with van der Waals surface area (Å²) in [6.07, 6.45) is 3.88. The van der Waals surface area contributed by atoms with Crippen LogP contribution in [0.5, 0.6) is 5.75 Å². The second kappa shape index (κ2) is 10.6. The second-order valence-electron chi connectivity index (χ2n) is 7.94. The number of benzene rings is 2. The van der Waals surface area contributed by atoms with Gasteiger partial charge in [0.05, 0.1) is 18.1 Å². The van der Waals surface area contributed by atoms with Gasteiger partial charge >= 0.3 is 0 Å². The van der Waals surface area contributed by atoms with Gasteiger partial charge in [0.1, 0.15) is 12.4 Å². The van der Waals surface area contributed by atoms with Gasteiger partial charge in [0.2, 0.25) is 5.91 Å². The molecule has 3 aromatic rings. The van der Waals surface area contributed by atoms with Gasteiger partial charge in [-0.05, 0) is 47.0 Å². The van der Waals surface area contributed by atoms with Crippen LogP contribution in [-0.4, -0.2) is 46.9 Å². The lowest BCUT2D eigenvalue weighted by Crippen LogP contribution is -2.48. The molecule has 1 fully saturated rings. The maximum absolute atomic E-state index is 12.6. The summed E-state index contributed by atoms with van der Waals surface area (Å²) in [5, 5.41) is 9.03. The van der Waals surface area contributed by atoms with Gasteiger partial charge in [-0.1, -0.05) is 30.3 Å². The van der Waals surface area contributed by atoms with Crippen LogP contribution in [0.2, 0.25) is 0 Å². The van der Waals surface area contributed by atoms with Crippen LogP contribution in [0.1, 0.15) is 22.3 Å². The fraction of sp³-hybridized carbons (Fsp3) is 0.269. The molecular weight excluding hydrogens is 400 g/mol. The molecule has 6 heteroatoms. The van der Waals surface area contributed by atoms with E-state index in [-0.39, 0.29) is 5.91 Å². The summed E-state index contributed by atoms with van der Waals surface area (Å²) in [5.74, 6) is 0.976. The zero-order chi connectivity index (χ0) is 22.2. The number of piperazine rings is 1. The van der Waals surface area contributed by atoms with E-state index in [0.717, 1.165) is 49.6 Å². The van der Waals surface area contributed by atoms with Crippen LogP contribution in [-0.2, 0) is 24.4 Å². The first-order valence-electron chi connectivity index (χ1n) is 10.8. The number of ether oxygens (including phenoxy) is 1. The van der Waals surface area contributed by atoms with Crippen molar-refractivity contribution in [2.75, 3.05) is 26.2 Å². The van der Waals surface area contributed by atoms with Crippen LogP contribution >= 0.6 is 0 Å². The molecule has 162 valence electrons. The third kappa shape index (κ3) is 5.93. The maximum Gasteiger partial charge on any atom is 0.227 e. The third-order valence-corrected chi connectivity index (χ3v) is 5.57. The minimum absolute atomic E-state index is 0.161. The van der Waals surface area contributed by atoms with E-state index in [2.05, 4.69) is 28.1 Å². The molecule has 0 bridgehead atoms. The van der Waals surface area contributed by atoms with Gasteiger partial charge in [-0.3, -0.25) is 14.7 Å². The molecular formula is C26H26N4O2. The predicted octanol–water partition coefficient (Wildman–Crippen LogP) is 3.42. The third-order valence-electron chi connectivity index (χ3n) is 5.57. The number of carbonyl (C=O) groups is 1. The fourth-order valence-corrected chi connectivity index (χ4v) is 3.83. The first-order chi connectivity index (χ1) is 15.7. The smallest absolute Gasteiger partial charge is 0.227 e. The SMILES string of the molecule is N#Cc1cccc(COc2cccc(CN3CCN(C(=O)Cc4cccnc4)CC3)c2)c1. The minimum atomic E-state index is 0.161. The highest BCUT2D eigenvalue weighted by Gasteiger charge is 2.21. The Labute approximate surface area is 188 Å². The molecule has 1 aliphatic heterocycles. The molecule has 0 aliphatic carbocycles. The Bertz CT molecular complexity index is 1090. The first kappa shape index (κ1) is 21.5. The molecule has 6 nitrogen and oxygen atoms in total. The van der Waals surface area contributed by atoms with Gasteiger partial charge < -0.3 is 9.64 Å². The van der Waals surface area contributed by atoms with E-state index in [0.29, 0.717) is 18.6 Å². The molecule has 0 N–H and O–H groups in total. The zero-order valence-electron chi connectivity index (χ0n) is 18.0. The molecule has 1 aromatic heterocycles. The normalized spacial score (nSPS) is 14.0. The number of carbonyl (C=O) groups excluding carboxylic acids is 1. The molecule has 32 heavy (non-hydrogen) atoms. The number of hydrogen-bond acceptors (Lipinski definition) is 5. The van der Waals surface area contributed by atoms with Crippen molar-refractivity contribution in [1.82, 2.24) is 14.8 Å². The Hall–Kier alpha value is -3.69. The van der Waals surface area contributed by atoms with Crippen molar-refractivity contribution in [3.63, 3.8) is 0 Å².